The molecule has 0 atom stereocenters. The molecule has 32 heavy (non-hydrogen) atoms. The van der Waals surface area contributed by atoms with Crippen LogP contribution in [0, 0.1) is 11.3 Å². The number of anilines is 2. The first-order chi connectivity index (χ1) is 15.5. The number of benzene rings is 1. The molecule has 0 bridgehead atoms. The van der Waals surface area contributed by atoms with E-state index >= 15 is 0 Å². The van der Waals surface area contributed by atoms with E-state index in [9.17, 15) is 10.1 Å². The number of thiophene rings is 1. The van der Waals surface area contributed by atoms with Crippen LogP contribution in [0.3, 0.4) is 0 Å². The van der Waals surface area contributed by atoms with Gasteiger partial charge in [0.2, 0.25) is 0 Å². The maximum absolute atomic E-state index is 11.9. The standard InChI is InChI=1S/C24H23N5O2S/c1-28(2)22(30)14-31-16-7-6-15-10-11-29(20(15)12-16)24-18-4-3-5-19(18)26-23(27-24)21-9-8-17(13-25)32-21/h6-9,12H,3-5,10-11,14H2,1-2H3. The summed E-state index contributed by atoms with van der Waals surface area (Å²) in [6, 6.07) is 12.0. The van der Waals surface area contributed by atoms with Gasteiger partial charge >= 0.3 is 0 Å². The second-order valence-electron chi connectivity index (χ2n) is 8.19. The van der Waals surface area contributed by atoms with Gasteiger partial charge in [-0.3, -0.25) is 4.79 Å². The monoisotopic (exact) mass is 445 g/mol. The van der Waals surface area contributed by atoms with Gasteiger partial charge in [0.25, 0.3) is 5.91 Å². The molecule has 3 aromatic rings. The fourth-order valence-corrected chi connectivity index (χ4v) is 4.94. The lowest BCUT2D eigenvalue weighted by Gasteiger charge is -2.22. The van der Waals surface area contributed by atoms with Crippen LogP contribution in [0.1, 0.15) is 28.1 Å². The number of hydrogen-bond acceptors (Lipinski definition) is 7. The average molecular weight is 446 g/mol. The Balaban J connectivity index is 1.51. The molecule has 1 aliphatic heterocycles. The predicted octanol–water partition coefficient (Wildman–Crippen LogP) is 3.73. The molecule has 1 aromatic carbocycles. The summed E-state index contributed by atoms with van der Waals surface area (Å²) in [6.07, 6.45) is 3.92. The number of fused-ring (bicyclic) bond motifs is 2. The Labute approximate surface area is 190 Å². The van der Waals surface area contributed by atoms with E-state index in [0.717, 1.165) is 54.3 Å². The highest BCUT2D eigenvalue weighted by Gasteiger charge is 2.29. The second kappa shape index (κ2) is 8.24. The highest BCUT2D eigenvalue weighted by molar-refractivity contribution is 7.15. The van der Waals surface area contributed by atoms with Crippen LogP contribution >= 0.6 is 11.3 Å². The molecule has 0 saturated carbocycles. The number of rotatable bonds is 5. The minimum atomic E-state index is -0.0756. The number of ether oxygens (including phenoxy) is 1. The third-order valence-electron chi connectivity index (χ3n) is 5.92. The predicted molar refractivity (Wildman–Crippen MR) is 123 cm³/mol. The molecule has 162 valence electrons. The molecule has 1 aliphatic carbocycles. The van der Waals surface area contributed by atoms with Crippen molar-refractivity contribution in [3.05, 3.63) is 52.0 Å². The van der Waals surface area contributed by atoms with Crippen LogP contribution in [-0.2, 0) is 24.1 Å². The normalized spacial score (nSPS) is 14.1. The van der Waals surface area contributed by atoms with E-state index in [2.05, 4.69) is 17.0 Å². The Hall–Kier alpha value is -3.44. The lowest BCUT2D eigenvalue weighted by molar-refractivity contribution is -0.130. The van der Waals surface area contributed by atoms with Crippen LogP contribution in [0.2, 0.25) is 0 Å². The summed E-state index contributed by atoms with van der Waals surface area (Å²) in [5, 5.41) is 9.20. The molecule has 0 saturated heterocycles. The molecule has 0 radical (unpaired) electrons. The number of carbonyl (C=O) groups excluding carboxylic acids is 1. The molecule has 0 spiro atoms. The third kappa shape index (κ3) is 3.69. The number of aromatic nitrogens is 2. The van der Waals surface area contributed by atoms with E-state index in [0.29, 0.717) is 16.5 Å². The van der Waals surface area contributed by atoms with Crippen LogP contribution in [0.4, 0.5) is 11.5 Å². The topological polar surface area (TPSA) is 82.4 Å². The Bertz CT molecular complexity index is 1240. The van der Waals surface area contributed by atoms with Crippen molar-refractivity contribution in [3.8, 4) is 22.5 Å². The van der Waals surface area contributed by atoms with Gasteiger partial charge in [0.05, 0.1) is 4.88 Å². The molecule has 2 aromatic heterocycles. The molecular formula is C24H23N5O2S. The molecule has 5 rings (SSSR count). The Kier molecular flexibility index (Phi) is 5.27. The average Bonchev–Trinajstić information content (AvgIpc) is 3.55. The zero-order chi connectivity index (χ0) is 22.2. The second-order valence-corrected chi connectivity index (χ2v) is 9.28. The minimum Gasteiger partial charge on any atom is -0.484 e. The largest absolute Gasteiger partial charge is 0.484 e. The summed E-state index contributed by atoms with van der Waals surface area (Å²) in [4.78, 5) is 27.1. The molecule has 0 fully saturated rings. The van der Waals surface area contributed by atoms with Crippen LogP contribution in [0.25, 0.3) is 10.7 Å². The van der Waals surface area contributed by atoms with Gasteiger partial charge in [-0.1, -0.05) is 6.07 Å². The van der Waals surface area contributed by atoms with E-state index in [1.54, 1.807) is 14.1 Å². The van der Waals surface area contributed by atoms with Gasteiger partial charge in [-0.2, -0.15) is 5.26 Å². The number of likely N-dealkylation sites (N-methyl/N-ethyl adjacent to an activating group) is 1. The fraction of sp³-hybridized carbons (Fsp3) is 0.333. The first kappa shape index (κ1) is 20.5. The van der Waals surface area contributed by atoms with Gasteiger partial charge in [0, 0.05) is 43.7 Å². The van der Waals surface area contributed by atoms with Crippen molar-refractivity contribution >= 4 is 28.7 Å². The number of nitriles is 1. The van der Waals surface area contributed by atoms with E-state index in [-0.39, 0.29) is 12.5 Å². The smallest absolute Gasteiger partial charge is 0.259 e. The molecule has 0 N–H and O–H groups in total. The molecule has 8 heteroatoms. The van der Waals surface area contributed by atoms with E-state index in [4.69, 9.17) is 14.7 Å². The number of nitrogens with zero attached hydrogens (tertiary/aromatic N) is 5. The summed E-state index contributed by atoms with van der Waals surface area (Å²) in [6.45, 7) is 0.852. The van der Waals surface area contributed by atoms with Crippen molar-refractivity contribution in [2.24, 2.45) is 0 Å². The van der Waals surface area contributed by atoms with E-state index in [1.807, 2.05) is 24.3 Å². The molecular weight excluding hydrogens is 422 g/mol. The van der Waals surface area contributed by atoms with Gasteiger partial charge < -0.3 is 14.5 Å². The molecule has 7 nitrogen and oxygen atoms in total. The van der Waals surface area contributed by atoms with Crippen LogP contribution < -0.4 is 9.64 Å². The van der Waals surface area contributed by atoms with Crippen molar-refractivity contribution < 1.29 is 9.53 Å². The number of amides is 1. The summed E-state index contributed by atoms with van der Waals surface area (Å²) in [7, 11) is 3.44. The van der Waals surface area contributed by atoms with Crippen LogP contribution in [-0.4, -0.2) is 48.0 Å². The maximum atomic E-state index is 11.9. The highest BCUT2D eigenvalue weighted by Crippen LogP contribution is 2.41. The lowest BCUT2D eigenvalue weighted by atomic mass is 10.1. The van der Waals surface area contributed by atoms with E-state index in [1.165, 1.54) is 27.4 Å². The Morgan fingerprint density at radius 2 is 2.09 bits per heavy atom. The zero-order valence-electron chi connectivity index (χ0n) is 18.1. The van der Waals surface area contributed by atoms with Crippen molar-refractivity contribution in [2.75, 3.05) is 32.1 Å². The van der Waals surface area contributed by atoms with Crippen LogP contribution in [0.5, 0.6) is 5.75 Å². The van der Waals surface area contributed by atoms with Crippen molar-refractivity contribution in [1.29, 1.82) is 5.26 Å². The van der Waals surface area contributed by atoms with Gasteiger partial charge in [-0.15, -0.1) is 11.3 Å². The Morgan fingerprint density at radius 1 is 1.22 bits per heavy atom. The van der Waals surface area contributed by atoms with Crippen LogP contribution in [0.15, 0.2) is 30.3 Å². The summed E-state index contributed by atoms with van der Waals surface area (Å²) >= 11 is 1.42. The Morgan fingerprint density at radius 3 is 2.88 bits per heavy atom. The first-order valence-corrected chi connectivity index (χ1v) is 11.5. The zero-order valence-corrected chi connectivity index (χ0v) is 18.9. The minimum absolute atomic E-state index is 0.0123. The quantitative estimate of drug-likeness (QED) is 0.595. The SMILES string of the molecule is CN(C)C(=O)COc1ccc2c(c1)N(c1nc(-c3ccc(C#N)s3)nc3c1CCC3)CC2. The van der Waals surface area contributed by atoms with Gasteiger partial charge in [-0.25, -0.2) is 9.97 Å². The van der Waals surface area contributed by atoms with Gasteiger partial charge in [-0.05, 0) is 49.4 Å². The lowest BCUT2D eigenvalue weighted by Crippen LogP contribution is -2.27. The van der Waals surface area contributed by atoms with Gasteiger partial charge in [0.15, 0.2) is 12.4 Å². The number of hydrogen-bond donors (Lipinski definition) is 0. The number of carbonyl (C=O) groups is 1. The summed E-state index contributed by atoms with van der Waals surface area (Å²) in [5.41, 5.74) is 4.63. The summed E-state index contributed by atoms with van der Waals surface area (Å²) < 4.78 is 5.76. The highest BCUT2D eigenvalue weighted by atomic mass is 32.1. The van der Waals surface area contributed by atoms with Gasteiger partial charge in [0.1, 0.15) is 22.5 Å². The number of aryl methyl sites for hydroxylation is 1. The maximum Gasteiger partial charge on any atom is 0.259 e. The molecule has 1 amide bonds. The molecule has 0 unspecified atom stereocenters. The van der Waals surface area contributed by atoms with Crippen molar-refractivity contribution in [1.82, 2.24) is 14.9 Å². The van der Waals surface area contributed by atoms with Crippen molar-refractivity contribution in [2.45, 2.75) is 25.7 Å². The summed E-state index contributed by atoms with van der Waals surface area (Å²) in [5.74, 6) is 2.24. The first-order valence-electron chi connectivity index (χ1n) is 10.7. The molecule has 3 heterocycles. The fourth-order valence-electron chi connectivity index (χ4n) is 4.21. The third-order valence-corrected chi connectivity index (χ3v) is 6.90. The molecule has 2 aliphatic rings. The van der Waals surface area contributed by atoms with E-state index < -0.39 is 0 Å². The van der Waals surface area contributed by atoms with Crippen molar-refractivity contribution in [3.63, 3.8) is 0 Å².